The maximum absolute atomic E-state index is 12.7. The highest BCUT2D eigenvalue weighted by atomic mass is 35.5. The van der Waals surface area contributed by atoms with Crippen LogP contribution in [0.4, 0.5) is 11.5 Å². The number of benzene rings is 2. The van der Waals surface area contributed by atoms with Crippen LogP contribution in [-0.4, -0.2) is 48.0 Å². The van der Waals surface area contributed by atoms with Gasteiger partial charge in [-0.1, -0.05) is 41.9 Å². The number of hydrogen-bond donors (Lipinski definition) is 2. The first-order valence-corrected chi connectivity index (χ1v) is 9.29. The summed E-state index contributed by atoms with van der Waals surface area (Å²) in [7, 11) is 4.00. The van der Waals surface area contributed by atoms with Gasteiger partial charge in [-0.25, -0.2) is 9.97 Å². The Hall–Kier alpha value is -2.96. The van der Waals surface area contributed by atoms with Gasteiger partial charge in [0.25, 0.3) is 5.91 Å². The number of nitrogens with one attached hydrogen (secondary N) is 2. The third-order valence-corrected chi connectivity index (χ3v) is 4.21. The summed E-state index contributed by atoms with van der Waals surface area (Å²) in [6.07, 6.45) is 0. The maximum atomic E-state index is 12.7. The molecule has 6 nitrogen and oxygen atoms in total. The molecule has 28 heavy (non-hydrogen) atoms. The normalized spacial score (nSPS) is 10.7. The summed E-state index contributed by atoms with van der Waals surface area (Å²) in [4.78, 5) is 23.8. The SMILES string of the molecule is CN(C)CCNc1cc(C(=O)Nc2ccc(Cl)cc2)nc(-c2ccccc2)n1. The van der Waals surface area contributed by atoms with E-state index in [9.17, 15) is 4.79 Å². The van der Waals surface area contributed by atoms with Gasteiger partial charge in [-0.15, -0.1) is 0 Å². The van der Waals surface area contributed by atoms with Crippen molar-refractivity contribution in [2.24, 2.45) is 0 Å². The molecule has 2 N–H and O–H groups in total. The Bertz CT molecular complexity index is 929. The van der Waals surface area contributed by atoms with Crippen molar-refractivity contribution < 1.29 is 4.79 Å². The van der Waals surface area contributed by atoms with Gasteiger partial charge in [-0.05, 0) is 38.4 Å². The molecule has 7 heteroatoms. The van der Waals surface area contributed by atoms with E-state index >= 15 is 0 Å². The number of nitrogens with zero attached hydrogens (tertiary/aromatic N) is 3. The lowest BCUT2D eigenvalue weighted by Crippen LogP contribution is -2.22. The van der Waals surface area contributed by atoms with Crippen molar-refractivity contribution in [2.75, 3.05) is 37.8 Å². The van der Waals surface area contributed by atoms with Crippen LogP contribution in [0.2, 0.25) is 5.02 Å². The highest BCUT2D eigenvalue weighted by Gasteiger charge is 2.13. The lowest BCUT2D eigenvalue weighted by atomic mass is 10.2. The van der Waals surface area contributed by atoms with Crippen LogP contribution in [0.5, 0.6) is 0 Å². The van der Waals surface area contributed by atoms with Gasteiger partial charge in [0.2, 0.25) is 0 Å². The van der Waals surface area contributed by atoms with E-state index in [0.717, 1.165) is 12.1 Å². The van der Waals surface area contributed by atoms with Crippen molar-refractivity contribution >= 4 is 29.0 Å². The first-order valence-electron chi connectivity index (χ1n) is 8.91. The zero-order chi connectivity index (χ0) is 19.9. The third-order valence-electron chi connectivity index (χ3n) is 3.96. The fourth-order valence-corrected chi connectivity index (χ4v) is 2.63. The molecule has 1 aromatic heterocycles. The van der Waals surface area contributed by atoms with Gasteiger partial charge < -0.3 is 15.5 Å². The molecule has 1 heterocycles. The maximum Gasteiger partial charge on any atom is 0.274 e. The van der Waals surface area contributed by atoms with Gasteiger partial charge in [-0.3, -0.25) is 4.79 Å². The van der Waals surface area contributed by atoms with Crippen molar-refractivity contribution in [2.45, 2.75) is 0 Å². The number of anilines is 2. The summed E-state index contributed by atoms with van der Waals surface area (Å²) in [5.41, 5.74) is 1.78. The molecule has 0 unspecified atom stereocenters. The molecule has 0 bridgehead atoms. The summed E-state index contributed by atoms with van der Waals surface area (Å²) in [5, 5.41) is 6.71. The van der Waals surface area contributed by atoms with Crippen molar-refractivity contribution in [1.29, 1.82) is 0 Å². The van der Waals surface area contributed by atoms with Crippen LogP contribution in [0.1, 0.15) is 10.5 Å². The van der Waals surface area contributed by atoms with Gasteiger partial charge in [-0.2, -0.15) is 0 Å². The molecule has 0 saturated carbocycles. The summed E-state index contributed by atoms with van der Waals surface area (Å²) in [6.45, 7) is 1.55. The molecular weight excluding hydrogens is 374 g/mol. The first-order chi connectivity index (χ1) is 13.5. The minimum atomic E-state index is -0.308. The van der Waals surface area contributed by atoms with E-state index in [2.05, 4.69) is 25.5 Å². The van der Waals surface area contributed by atoms with E-state index in [1.807, 2.05) is 44.4 Å². The smallest absolute Gasteiger partial charge is 0.274 e. The van der Waals surface area contributed by atoms with E-state index in [1.165, 1.54) is 0 Å². The molecule has 0 aliphatic heterocycles. The van der Waals surface area contributed by atoms with Crippen LogP contribution in [0.15, 0.2) is 60.7 Å². The molecule has 1 amide bonds. The molecule has 3 aromatic rings. The van der Waals surface area contributed by atoms with Crippen LogP contribution in [0.25, 0.3) is 11.4 Å². The third kappa shape index (κ3) is 5.52. The Kier molecular flexibility index (Phi) is 6.57. The zero-order valence-corrected chi connectivity index (χ0v) is 16.6. The van der Waals surface area contributed by atoms with Gasteiger partial charge in [0, 0.05) is 35.4 Å². The number of likely N-dealkylation sites (N-methyl/N-ethyl adjacent to an activating group) is 1. The largest absolute Gasteiger partial charge is 0.369 e. The minimum absolute atomic E-state index is 0.288. The Balaban J connectivity index is 1.87. The van der Waals surface area contributed by atoms with E-state index in [4.69, 9.17) is 11.6 Å². The van der Waals surface area contributed by atoms with E-state index in [-0.39, 0.29) is 11.6 Å². The number of aromatic nitrogens is 2. The van der Waals surface area contributed by atoms with Crippen molar-refractivity contribution in [1.82, 2.24) is 14.9 Å². The van der Waals surface area contributed by atoms with Crippen LogP contribution in [0, 0.1) is 0 Å². The Morgan fingerprint density at radius 1 is 1.04 bits per heavy atom. The quantitative estimate of drug-likeness (QED) is 0.632. The second-order valence-corrected chi connectivity index (χ2v) is 6.96. The molecule has 0 aliphatic carbocycles. The molecule has 0 fully saturated rings. The minimum Gasteiger partial charge on any atom is -0.369 e. The van der Waals surface area contributed by atoms with E-state index < -0.39 is 0 Å². The fraction of sp³-hybridized carbons (Fsp3) is 0.190. The second-order valence-electron chi connectivity index (χ2n) is 6.52. The van der Waals surface area contributed by atoms with Crippen LogP contribution in [-0.2, 0) is 0 Å². The van der Waals surface area contributed by atoms with Crippen LogP contribution < -0.4 is 10.6 Å². The number of carbonyl (C=O) groups is 1. The zero-order valence-electron chi connectivity index (χ0n) is 15.8. The van der Waals surface area contributed by atoms with Crippen molar-refractivity contribution in [3.8, 4) is 11.4 Å². The molecule has 0 aliphatic rings. The lowest BCUT2D eigenvalue weighted by molar-refractivity contribution is 0.102. The Morgan fingerprint density at radius 2 is 1.75 bits per heavy atom. The number of rotatable bonds is 7. The number of hydrogen-bond acceptors (Lipinski definition) is 5. The second kappa shape index (κ2) is 9.30. The Labute approximate surface area is 169 Å². The lowest BCUT2D eigenvalue weighted by Gasteiger charge is -2.13. The number of carbonyl (C=O) groups excluding carboxylic acids is 1. The Morgan fingerprint density at radius 3 is 2.43 bits per heavy atom. The monoisotopic (exact) mass is 395 g/mol. The van der Waals surface area contributed by atoms with Crippen molar-refractivity contribution in [3.05, 3.63) is 71.4 Å². The van der Waals surface area contributed by atoms with Gasteiger partial charge >= 0.3 is 0 Å². The van der Waals surface area contributed by atoms with Crippen LogP contribution in [0.3, 0.4) is 0 Å². The highest BCUT2D eigenvalue weighted by molar-refractivity contribution is 6.30. The van der Waals surface area contributed by atoms with E-state index in [0.29, 0.717) is 28.9 Å². The summed E-state index contributed by atoms with van der Waals surface area (Å²) in [5.74, 6) is 0.797. The molecule has 2 aromatic carbocycles. The summed E-state index contributed by atoms with van der Waals surface area (Å²) >= 11 is 5.90. The molecule has 0 radical (unpaired) electrons. The average molecular weight is 396 g/mol. The molecule has 144 valence electrons. The molecule has 0 spiro atoms. The van der Waals surface area contributed by atoms with Gasteiger partial charge in [0.1, 0.15) is 11.5 Å². The highest BCUT2D eigenvalue weighted by Crippen LogP contribution is 2.19. The predicted molar refractivity (Wildman–Crippen MR) is 114 cm³/mol. The average Bonchev–Trinajstić information content (AvgIpc) is 2.70. The first kappa shape index (κ1) is 19.8. The molecule has 0 atom stereocenters. The topological polar surface area (TPSA) is 70.2 Å². The van der Waals surface area contributed by atoms with E-state index in [1.54, 1.807) is 30.3 Å². The van der Waals surface area contributed by atoms with Gasteiger partial charge in [0.15, 0.2) is 5.82 Å². The number of amides is 1. The molecular formula is C21H22ClN5O. The summed E-state index contributed by atoms with van der Waals surface area (Å²) in [6, 6.07) is 18.2. The molecule has 3 rings (SSSR count). The fourth-order valence-electron chi connectivity index (χ4n) is 2.51. The summed E-state index contributed by atoms with van der Waals surface area (Å²) < 4.78 is 0. The van der Waals surface area contributed by atoms with Crippen molar-refractivity contribution in [3.63, 3.8) is 0 Å². The standard InChI is InChI=1S/C21H22ClN5O/c1-27(2)13-12-23-19-14-18(21(28)24-17-10-8-16(22)9-11-17)25-20(26-19)15-6-4-3-5-7-15/h3-11,14H,12-13H2,1-2H3,(H,24,28)(H,23,25,26). The number of halogens is 1. The van der Waals surface area contributed by atoms with Gasteiger partial charge in [0.05, 0.1) is 0 Å². The van der Waals surface area contributed by atoms with Crippen LogP contribution >= 0.6 is 11.6 Å². The molecule has 0 saturated heterocycles. The predicted octanol–water partition coefficient (Wildman–Crippen LogP) is 4.02.